The summed E-state index contributed by atoms with van der Waals surface area (Å²) in [5, 5.41) is 10.4. The van der Waals surface area contributed by atoms with Crippen molar-refractivity contribution in [1.29, 1.82) is 0 Å². The number of aliphatic hydroxyl groups excluding tert-OH is 1. The fraction of sp³-hybridized carbons (Fsp3) is 0.765. The summed E-state index contributed by atoms with van der Waals surface area (Å²) in [5.41, 5.74) is 0. The predicted molar refractivity (Wildman–Crippen MR) is 79.5 cm³/mol. The van der Waals surface area contributed by atoms with Gasteiger partial charge in [0.2, 0.25) is 0 Å². The summed E-state index contributed by atoms with van der Waals surface area (Å²) in [5.74, 6) is 1.79. The highest BCUT2D eigenvalue weighted by atomic mass is 16.3. The van der Waals surface area contributed by atoms with E-state index < -0.39 is 0 Å². The highest BCUT2D eigenvalue weighted by Crippen LogP contribution is 2.36. The SMILES string of the molecule is C=CCC1CCCCC1C(O)CC/C=C/C(C)C. The van der Waals surface area contributed by atoms with Crippen LogP contribution in [0.3, 0.4) is 0 Å². The topological polar surface area (TPSA) is 20.2 Å². The van der Waals surface area contributed by atoms with Gasteiger partial charge >= 0.3 is 0 Å². The van der Waals surface area contributed by atoms with Gasteiger partial charge in [-0.3, -0.25) is 0 Å². The van der Waals surface area contributed by atoms with Crippen molar-refractivity contribution in [3.8, 4) is 0 Å². The Bertz CT molecular complexity index is 254. The molecular formula is C17H30O. The average Bonchev–Trinajstić information content (AvgIpc) is 2.35. The van der Waals surface area contributed by atoms with Crippen LogP contribution in [0, 0.1) is 17.8 Å². The van der Waals surface area contributed by atoms with E-state index in [0.29, 0.717) is 17.8 Å². The second-order valence-corrected chi connectivity index (χ2v) is 6.05. The number of hydrogen-bond donors (Lipinski definition) is 1. The smallest absolute Gasteiger partial charge is 0.0574 e. The molecule has 0 radical (unpaired) electrons. The third-order valence-corrected chi connectivity index (χ3v) is 4.08. The zero-order valence-corrected chi connectivity index (χ0v) is 12.1. The molecule has 1 rings (SSSR count). The van der Waals surface area contributed by atoms with Crippen molar-refractivity contribution < 1.29 is 5.11 Å². The highest BCUT2D eigenvalue weighted by Gasteiger charge is 2.29. The van der Waals surface area contributed by atoms with Crippen LogP contribution in [0.5, 0.6) is 0 Å². The molecule has 0 aliphatic heterocycles. The Morgan fingerprint density at radius 3 is 2.67 bits per heavy atom. The first kappa shape index (κ1) is 15.5. The van der Waals surface area contributed by atoms with Gasteiger partial charge in [0.15, 0.2) is 0 Å². The Labute approximate surface area is 113 Å². The summed E-state index contributed by atoms with van der Waals surface area (Å²) in [7, 11) is 0. The lowest BCUT2D eigenvalue weighted by Gasteiger charge is -2.34. The molecule has 0 spiro atoms. The van der Waals surface area contributed by atoms with Crippen molar-refractivity contribution in [2.75, 3.05) is 0 Å². The fourth-order valence-corrected chi connectivity index (χ4v) is 3.10. The minimum absolute atomic E-state index is 0.118. The molecule has 0 saturated heterocycles. The molecule has 0 bridgehead atoms. The van der Waals surface area contributed by atoms with Gasteiger partial charge in [0, 0.05) is 0 Å². The van der Waals surface area contributed by atoms with Crippen molar-refractivity contribution in [2.45, 2.75) is 64.9 Å². The lowest BCUT2D eigenvalue weighted by molar-refractivity contribution is 0.0430. The number of allylic oxidation sites excluding steroid dienone is 3. The Morgan fingerprint density at radius 1 is 1.28 bits per heavy atom. The molecule has 1 fully saturated rings. The molecule has 1 N–H and O–H groups in total. The van der Waals surface area contributed by atoms with E-state index in [1.165, 1.54) is 25.7 Å². The Hall–Kier alpha value is -0.560. The van der Waals surface area contributed by atoms with Crippen LogP contribution < -0.4 is 0 Å². The zero-order chi connectivity index (χ0) is 13.4. The van der Waals surface area contributed by atoms with Crippen molar-refractivity contribution >= 4 is 0 Å². The Morgan fingerprint density at radius 2 is 2.00 bits per heavy atom. The van der Waals surface area contributed by atoms with Crippen LogP contribution >= 0.6 is 0 Å². The molecule has 0 aromatic carbocycles. The molecule has 0 aromatic heterocycles. The van der Waals surface area contributed by atoms with E-state index in [1.807, 2.05) is 6.08 Å². The minimum atomic E-state index is -0.118. The first-order chi connectivity index (χ1) is 8.65. The molecule has 0 heterocycles. The number of hydrogen-bond acceptors (Lipinski definition) is 1. The first-order valence-electron chi connectivity index (χ1n) is 7.60. The maximum Gasteiger partial charge on any atom is 0.0574 e. The molecule has 3 atom stereocenters. The molecule has 18 heavy (non-hydrogen) atoms. The van der Waals surface area contributed by atoms with Gasteiger partial charge in [0.1, 0.15) is 0 Å². The van der Waals surface area contributed by atoms with Gasteiger partial charge in [-0.1, -0.05) is 44.9 Å². The molecule has 1 saturated carbocycles. The minimum Gasteiger partial charge on any atom is -0.393 e. The lowest BCUT2D eigenvalue weighted by Crippen LogP contribution is -2.30. The molecular weight excluding hydrogens is 220 g/mol. The van der Waals surface area contributed by atoms with Gasteiger partial charge in [-0.15, -0.1) is 6.58 Å². The van der Waals surface area contributed by atoms with E-state index >= 15 is 0 Å². The largest absolute Gasteiger partial charge is 0.393 e. The molecule has 3 unspecified atom stereocenters. The van der Waals surface area contributed by atoms with Gasteiger partial charge in [-0.25, -0.2) is 0 Å². The van der Waals surface area contributed by atoms with Crippen LogP contribution in [0.25, 0.3) is 0 Å². The summed E-state index contributed by atoms with van der Waals surface area (Å²) in [4.78, 5) is 0. The van der Waals surface area contributed by atoms with Gasteiger partial charge in [-0.05, 0) is 49.9 Å². The molecule has 1 aliphatic carbocycles. The van der Waals surface area contributed by atoms with Gasteiger partial charge in [0.05, 0.1) is 6.10 Å². The van der Waals surface area contributed by atoms with Crippen molar-refractivity contribution in [3.63, 3.8) is 0 Å². The monoisotopic (exact) mass is 250 g/mol. The van der Waals surface area contributed by atoms with Crippen LogP contribution in [-0.4, -0.2) is 11.2 Å². The molecule has 104 valence electrons. The van der Waals surface area contributed by atoms with E-state index in [0.717, 1.165) is 19.3 Å². The third-order valence-electron chi connectivity index (χ3n) is 4.08. The lowest BCUT2D eigenvalue weighted by atomic mass is 9.74. The van der Waals surface area contributed by atoms with Crippen LogP contribution in [-0.2, 0) is 0 Å². The van der Waals surface area contributed by atoms with Crippen molar-refractivity contribution in [1.82, 2.24) is 0 Å². The van der Waals surface area contributed by atoms with Crippen LogP contribution in [0.4, 0.5) is 0 Å². The van der Waals surface area contributed by atoms with E-state index in [2.05, 4.69) is 32.6 Å². The quantitative estimate of drug-likeness (QED) is 0.648. The summed E-state index contributed by atoms with van der Waals surface area (Å²) in [6.45, 7) is 8.23. The third kappa shape index (κ3) is 5.39. The summed E-state index contributed by atoms with van der Waals surface area (Å²) in [6, 6.07) is 0. The molecule has 0 aromatic rings. The Balaban J connectivity index is 2.37. The second kappa shape index (κ2) is 8.53. The summed E-state index contributed by atoms with van der Waals surface area (Å²) >= 11 is 0. The summed E-state index contributed by atoms with van der Waals surface area (Å²) in [6.07, 6.45) is 14.5. The predicted octanol–water partition coefficient (Wildman–Crippen LogP) is 4.72. The first-order valence-corrected chi connectivity index (χ1v) is 7.60. The van der Waals surface area contributed by atoms with E-state index in [4.69, 9.17) is 0 Å². The van der Waals surface area contributed by atoms with E-state index in [-0.39, 0.29) is 6.10 Å². The fourth-order valence-electron chi connectivity index (χ4n) is 3.10. The van der Waals surface area contributed by atoms with Crippen LogP contribution in [0.15, 0.2) is 24.8 Å². The normalized spacial score (nSPS) is 26.7. The van der Waals surface area contributed by atoms with Crippen LogP contribution in [0.2, 0.25) is 0 Å². The average molecular weight is 250 g/mol. The van der Waals surface area contributed by atoms with Crippen LogP contribution in [0.1, 0.15) is 58.8 Å². The molecule has 1 nitrogen and oxygen atoms in total. The maximum absolute atomic E-state index is 10.4. The molecule has 1 heteroatoms. The van der Waals surface area contributed by atoms with E-state index in [1.54, 1.807) is 0 Å². The maximum atomic E-state index is 10.4. The molecule has 0 amide bonds. The highest BCUT2D eigenvalue weighted by molar-refractivity contribution is 4.88. The standard InChI is InChI=1S/C17H30O/c1-4-9-15-11-6-7-12-16(15)17(18)13-8-5-10-14(2)3/h4-5,10,14-18H,1,6-9,11-13H2,2-3H3/b10-5+. The van der Waals surface area contributed by atoms with E-state index in [9.17, 15) is 5.11 Å². The Kier molecular flexibility index (Phi) is 7.34. The number of aliphatic hydroxyl groups is 1. The second-order valence-electron chi connectivity index (χ2n) is 6.05. The molecule has 1 aliphatic rings. The zero-order valence-electron chi connectivity index (χ0n) is 12.1. The van der Waals surface area contributed by atoms with Gasteiger partial charge < -0.3 is 5.11 Å². The summed E-state index contributed by atoms with van der Waals surface area (Å²) < 4.78 is 0. The van der Waals surface area contributed by atoms with Gasteiger partial charge in [0.25, 0.3) is 0 Å². The number of rotatable bonds is 7. The van der Waals surface area contributed by atoms with Crippen molar-refractivity contribution in [3.05, 3.63) is 24.8 Å². The van der Waals surface area contributed by atoms with Crippen molar-refractivity contribution in [2.24, 2.45) is 17.8 Å². The van der Waals surface area contributed by atoms with Gasteiger partial charge in [-0.2, -0.15) is 0 Å².